The lowest BCUT2D eigenvalue weighted by Gasteiger charge is -1.94. The smallest absolute Gasteiger partial charge is 0.327 e. The van der Waals surface area contributed by atoms with Crippen molar-refractivity contribution < 1.29 is 0 Å². The maximum absolute atomic E-state index is 11.5. The van der Waals surface area contributed by atoms with E-state index in [9.17, 15) is 9.59 Å². The number of fused-ring (bicyclic) bond motifs is 1. The SMILES string of the molecule is NCc1cn(Cc2nc3[nH]c(=O)[nH]c(=O)c3[nH]2)nn1. The van der Waals surface area contributed by atoms with Crippen LogP contribution in [0.4, 0.5) is 0 Å². The van der Waals surface area contributed by atoms with Gasteiger partial charge in [0.25, 0.3) is 5.56 Å². The highest BCUT2D eigenvalue weighted by Gasteiger charge is 2.08. The summed E-state index contributed by atoms with van der Waals surface area (Å²) in [5, 5.41) is 7.70. The van der Waals surface area contributed by atoms with Crippen LogP contribution in [0.3, 0.4) is 0 Å². The van der Waals surface area contributed by atoms with Crippen molar-refractivity contribution >= 4 is 11.2 Å². The maximum atomic E-state index is 11.5. The third-order valence-corrected chi connectivity index (χ3v) is 2.55. The van der Waals surface area contributed by atoms with Crippen molar-refractivity contribution in [1.29, 1.82) is 0 Å². The topological polar surface area (TPSA) is 151 Å². The van der Waals surface area contributed by atoms with Crippen LogP contribution >= 0.6 is 0 Å². The molecule has 5 N–H and O–H groups in total. The molecule has 10 heteroatoms. The Kier molecular flexibility index (Phi) is 2.49. The molecule has 0 unspecified atom stereocenters. The predicted octanol–water partition coefficient (Wildman–Crippen LogP) is -1.96. The van der Waals surface area contributed by atoms with Gasteiger partial charge in [0.05, 0.1) is 11.9 Å². The van der Waals surface area contributed by atoms with E-state index < -0.39 is 11.2 Å². The number of rotatable bonds is 3. The molecule has 3 aromatic heterocycles. The molecular weight excluding hydrogens is 252 g/mol. The zero-order valence-corrected chi connectivity index (χ0v) is 9.67. The van der Waals surface area contributed by atoms with E-state index in [1.165, 1.54) is 4.68 Å². The molecule has 0 saturated heterocycles. The molecule has 0 aliphatic carbocycles. The molecule has 10 nitrogen and oxygen atoms in total. The van der Waals surface area contributed by atoms with E-state index in [1.807, 2.05) is 0 Å². The molecule has 0 spiro atoms. The summed E-state index contributed by atoms with van der Waals surface area (Å²) < 4.78 is 1.53. The predicted molar refractivity (Wildman–Crippen MR) is 64.4 cm³/mol. The van der Waals surface area contributed by atoms with E-state index in [0.29, 0.717) is 24.6 Å². The molecule has 0 aromatic carbocycles. The van der Waals surface area contributed by atoms with Crippen molar-refractivity contribution in [3.63, 3.8) is 0 Å². The first kappa shape index (κ1) is 11.3. The summed E-state index contributed by atoms with van der Waals surface area (Å²) in [4.78, 5) is 34.1. The highest BCUT2D eigenvalue weighted by atomic mass is 16.2. The van der Waals surface area contributed by atoms with Gasteiger partial charge < -0.3 is 10.7 Å². The zero-order chi connectivity index (χ0) is 13.4. The molecule has 0 amide bonds. The van der Waals surface area contributed by atoms with Crippen LogP contribution in [0.1, 0.15) is 11.5 Å². The summed E-state index contributed by atoms with van der Waals surface area (Å²) in [6, 6.07) is 0. The Morgan fingerprint density at radius 1 is 1.26 bits per heavy atom. The van der Waals surface area contributed by atoms with Gasteiger partial charge in [-0.1, -0.05) is 5.21 Å². The first-order valence-corrected chi connectivity index (χ1v) is 5.46. The summed E-state index contributed by atoms with van der Waals surface area (Å²) >= 11 is 0. The first-order chi connectivity index (χ1) is 9.15. The van der Waals surface area contributed by atoms with Crippen LogP contribution in [0.25, 0.3) is 11.2 Å². The molecule has 98 valence electrons. The molecule has 3 rings (SSSR count). The Morgan fingerprint density at radius 3 is 2.84 bits per heavy atom. The van der Waals surface area contributed by atoms with E-state index in [-0.39, 0.29) is 11.2 Å². The van der Waals surface area contributed by atoms with Gasteiger partial charge in [-0.2, -0.15) is 0 Å². The van der Waals surface area contributed by atoms with Gasteiger partial charge in [0.2, 0.25) is 0 Å². The summed E-state index contributed by atoms with van der Waals surface area (Å²) in [7, 11) is 0. The molecule has 3 aromatic rings. The van der Waals surface area contributed by atoms with Gasteiger partial charge in [-0.25, -0.2) is 14.5 Å². The number of nitrogens with two attached hydrogens (primary N) is 1. The number of aromatic amines is 3. The van der Waals surface area contributed by atoms with Crippen LogP contribution in [0, 0.1) is 0 Å². The number of hydrogen-bond acceptors (Lipinski definition) is 6. The number of H-pyrrole nitrogens is 3. The second-order valence-corrected chi connectivity index (χ2v) is 3.93. The number of nitrogens with one attached hydrogen (secondary N) is 3. The van der Waals surface area contributed by atoms with Gasteiger partial charge >= 0.3 is 5.69 Å². The van der Waals surface area contributed by atoms with Gasteiger partial charge in [0, 0.05) is 6.54 Å². The van der Waals surface area contributed by atoms with E-state index in [4.69, 9.17) is 5.73 Å². The second-order valence-electron chi connectivity index (χ2n) is 3.93. The average Bonchev–Trinajstić information content (AvgIpc) is 2.96. The van der Waals surface area contributed by atoms with Gasteiger partial charge in [0.15, 0.2) is 5.65 Å². The first-order valence-electron chi connectivity index (χ1n) is 5.46. The highest BCUT2D eigenvalue weighted by Crippen LogP contribution is 2.03. The van der Waals surface area contributed by atoms with Crippen molar-refractivity contribution in [3.8, 4) is 0 Å². The summed E-state index contributed by atoms with van der Waals surface area (Å²) in [6.45, 7) is 0.594. The monoisotopic (exact) mass is 262 g/mol. The van der Waals surface area contributed by atoms with Crippen molar-refractivity contribution in [3.05, 3.63) is 38.6 Å². The third kappa shape index (κ3) is 2.04. The van der Waals surface area contributed by atoms with E-state index in [1.54, 1.807) is 6.20 Å². The Labute approximate surface area is 104 Å². The van der Waals surface area contributed by atoms with Gasteiger partial charge in [-0.05, 0) is 0 Å². The molecule has 0 bridgehead atoms. The fourth-order valence-electron chi connectivity index (χ4n) is 1.72. The van der Waals surface area contributed by atoms with Crippen LogP contribution in [0.15, 0.2) is 15.8 Å². The van der Waals surface area contributed by atoms with Crippen molar-refractivity contribution in [2.75, 3.05) is 0 Å². The quantitative estimate of drug-likeness (QED) is 0.430. The number of imidazole rings is 1. The molecule has 3 heterocycles. The van der Waals surface area contributed by atoms with Gasteiger partial charge in [0.1, 0.15) is 17.9 Å². The average molecular weight is 262 g/mol. The maximum Gasteiger partial charge on any atom is 0.327 e. The van der Waals surface area contributed by atoms with Crippen LogP contribution < -0.4 is 17.0 Å². The largest absolute Gasteiger partial charge is 0.335 e. The number of aromatic nitrogens is 7. The molecular formula is C9H10N8O2. The molecule has 0 aliphatic rings. The lowest BCUT2D eigenvalue weighted by Crippen LogP contribution is -2.21. The van der Waals surface area contributed by atoms with Crippen LogP contribution in [0.5, 0.6) is 0 Å². The zero-order valence-electron chi connectivity index (χ0n) is 9.67. The second kappa shape index (κ2) is 4.17. The molecule has 0 fully saturated rings. The fraction of sp³-hybridized carbons (Fsp3) is 0.222. The lowest BCUT2D eigenvalue weighted by atomic mass is 10.5. The van der Waals surface area contributed by atoms with E-state index in [2.05, 4.69) is 30.2 Å². The molecule has 19 heavy (non-hydrogen) atoms. The minimum Gasteiger partial charge on any atom is -0.335 e. The van der Waals surface area contributed by atoms with E-state index in [0.717, 1.165) is 0 Å². The van der Waals surface area contributed by atoms with Crippen molar-refractivity contribution in [2.24, 2.45) is 5.73 Å². The highest BCUT2D eigenvalue weighted by molar-refractivity contribution is 5.68. The van der Waals surface area contributed by atoms with Crippen LogP contribution in [-0.2, 0) is 13.1 Å². The minimum atomic E-state index is -0.596. The van der Waals surface area contributed by atoms with Crippen molar-refractivity contribution in [2.45, 2.75) is 13.1 Å². The summed E-state index contributed by atoms with van der Waals surface area (Å²) in [6.07, 6.45) is 1.68. The fourth-order valence-corrected chi connectivity index (χ4v) is 1.72. The molecule has 0 radical (unpaired) electrons. The van der Waals surface area contributed by atoms with E-state index >= 15 is 0 Å². The molecule has 0 atom stereocenters. The van der Waals surface area contributed by atoms with Gasteiger partial charge in [-0.15, -0.1) is 5.10 Å². The summed E-state index contributed by atoms with van der Waals surface area (Å²) in [5.74, 6) is 0.482. The van der Waals surface area contributed by atoms with Gasteiger partial charge in [-0.3, -0.25) is 14.8 Å². The Balaban J connectivity index is 1.99. The molecule has 0 saturated carbocycles. The normalized spacial score (nSPS) is 11.2. The Morgan fingerprint density at radius 2 is 2.11 bits per heavy atom. The summed E-state index contributed by atoms with van der Waals surface area (Å²) in [5.41, 5.74) is 5.40. The Bertz CT molecular complexity index is 838. The lowest BCUT2D eigenvalue weighted by molar-refractivity contribution is 0.630. The van der Waals surface area contributed by atoms with Crippen molar-refractivity contribution in [1.82, 2.24) is 34.9 Å². The number of hydrogen-bond donors (Lipinski definition) is 4. The standard InChI is InChI=1S/C9H10N8O2/c10-1-4-2-17(16-15-4)3-5-11-6-7(12-5)13-9(19)14-8(6)18/h2H,1,3,10H2,(H3,11,12,13,14,18,19). The number of nitrogens with zero attached hydrogens (tertiary/aromatic N) is 4. The Hall–Kier alpha value is -2.75. The minimum absolute atomic E-state index is 0.211. The third-order valence-electron chi connectivity index (χ3n) is 2.55. The van der Waals surface area contributed by atoms with Crippen LogP contribution in [-0.4, -0.2) is 34.9 Å². The van der Waals surface area contributed by atoms with Crippen LogP contribution in [0.2, 0.25) is 0 Å². The molecule has 0 aliphatic heterocycles.